The summed E-state index contributed by atoms with van der Waals surface area (Å²) in [6.07, 6.45) is 5.12. The van der Waals surface area contributed by atoms with Gasteiger partial charge in [0.1, 0.15) is 0 Å². The van der Waals surface area contributed by atoms with Crippen LogP contribution in [0, 0.1) is 0 Å². The van der Waals surface area contributed by atoms with Gasteiger partial charge in [0.05, 0.1) is 12.7 Å². The highest BCUT2D eigenvalue weighted by Crippen LogP contribution is 2.26. The second-order valence-corrected chi connectivity index (χ2v) is 7.39. The Morgan fingerprint density at radius 2 is 1.56 bits per heavy atom. The third kappa shape index (κ3) is 4.76. The minimum atomic E-state index is -0.476. The van der Waals surface area contributed by atoms with Gasteiger partial charge in [0, 0.05) is 18.2 Å². The number of aliphatic hydroxyl groups excluding tert-OH is 2. The van der Waals surface area contributed by atoms with Gasteiger partial charge in [-0.05, 0) is 48.6 Å². The molecule has 0 unspecified atom stereocenters. The molecular weight excluding hydrogens is 338 g/mol. The van der Waals surface area contributed by atoms with Crippen LogP contribution in [0.2, 0.25) is 0 Å². The fourth-order valence-electron chi connectivity index (χ4n) is 3.88. The lowest BCUT2D eigenvalue weighted by atomic mass is 9.93. The van der Waals surface area contributed by atoms with Crippen molar-refractivity contribution >= 4 is 5.91 Å². The van der Waals surface area contributed by atoms with Gasteiger partial charge >= 0.3 is 0 Å². The highest BCUT2D eigenvalue weighted by atomic mass is 16.3. The summed E-state index contributed by atoms with van der Waals surface area (Å²) in [6, 6.07) is 15.7. The molecule has 2 aromatic rings. The Bertz CT molecular complexity index is 731. The van der Waals surface area contributed by atoms with E-state index in [1.807, 2.05) is 53.4 Å². The number of carbonyl (C=O) groups excluding carboxylic acids is 1. The van der Waals surface area contributed by atoms with Crippen LogP contribution in [0.3, 0.4) is 0 Å². The lowest BCUT2D eigenvalue weighted by molar-refractivity contribution is 0.0585. The van der Waals surface area contributed by atoms with E-state index in [1.54, 1.807) is 6.92 Å². The average Bonchev–Trinajstić information content (AvgIpc) is 2.72. The molecule has 2 aromatic carbocycles. The van der Waals surface area contributed by atoms with Crippen molar-refractivity contribution in [2.45, 2.75) is 51.2 Å². The highest BCUT2D eigenvalue weighted by molar-refractivity contribution is 5.95. The Balaban J connectivity index is 1.75. The van der Waals surface area contributed by atoms with Crippen molar-refractivity contribution in [3.05, 3.63) is 59.7 Å². The number of amides is 1. The number of hydrogen-bond acceptors (Lipinski definition) is 3. The smallest absolute Gasteiger partial charge is 0.254 e. The molecule has 1 amide bonds. The van der Waals surface area contributed by atoms with Crippen molar-refractivity contribution < 1.29 is 15.0 Å². The van der Waals surface area contributed by atoms with Gasteiger partial charge in [0.2, 0.25) is 0 Å². The maximum atomic E-state index is 13.0. The van der Waals surface area contributed by atoms with Crippen LogP contribution < -0.4 is 0 Å². The van der Waals surface area contributed by atoms with Gasteiger partial charge in [-0.25, -0.2) is 0 Å². The number of benzene rings is 2. The van der Waals surface area contributed by atoms with Gasteiger partial charge in [0.25, 0.3) is 5.91 Å². The number of aliphatic hydroxyl groups is 2. The molecule has 0 bridgehead atoms. The van der Waals surface area contributed by atoms with Crippen LogP contribution >= 0.6 is 0 Å². The monoisotopic (exact) mass is 367 g/mol. The molecule has 1 fully saturated rings. The van der Waals surface area contributed by atoms with Crippen LogP contribution in [-0.4, -0.2) is 40.2 Å². The molecule has 144 valence electrons. The van der Waals surface area contributed by atoms with E-state index in [9.17, 15) is 15.0 Å². The van der Waals surface area contributed by atoms with E-state index in [4.69, 9.17) is 0 Å². The maximum Gasteiger partial charge on any atom is 0.254 e. The minimum Gasteiger partial charge on any atom is -0.395 e. The van der Waals surface area contributed by atoms with Crippen LogP contribution in [0.25, 0.3) is 11.1 Å². The molecule has 27 heavy (non-hydrogen) atoms. The van der Waals surface area contributed by atoms with Crippen molar-refractivity contribution in [2.24, 2.45) is 0 Å². The average molecular weight is 367 g/mol. The number of rotatable bonds is 6. The fourth-order valence-corrected chi connectivity index (χ4v) is 3.88. The number of nitrogens with zero attached hydrogens (tertiary/aromatic N) is 1. The molecule has 0 aliphatic heterocycles. The molecule has 0 radical (unpaired) electrons. The van der Waals surface area contributed by atoms with Crippen molar-refractivity contribution in [3.8, 4) is 11.1 Å². The topological polar surface area (TPSA) is 60.8 Å². The minimum absolute atomic E-state index is 0.00402. The van der Waals surface area contributed by atoms with Gasteiger partial charge in [-0.15, -0.1) is 0 Å². The second-order valence-electron chi connectivity index (χ2n) is 7.39. The van der Waals surface area contributed by atoms with Crippen LogP contribution in [0.15, 0.2) is 48.5 Å². The Hall–Kier alpha value is -2.17. The summed E-state index contributed by atoms with van der Waals surface area (Å²) >= 11 is 0. The summed E-state index contributed by atoms with van der Waals surface area (Å²) in [6.45, 7) is 2.14. The van der Waals surface area contributed by atoms with Gasteiger partial charge in [-0.1, -0.05) is 55.7 Å². The molecule has 4 nitrogen and oxygen atoms in total. The van der Waals surface area contributed by atoms with Crippen LogP contribution in [0.5, 0.6) is 0 Å². The van der Waals surface area contributed by atoms with E-state index >= 15 is 0 Å². The molecule has 1 aliphatic carbocycles. The van der Waals surface area contributed by atoms with Gasteiger partial charge in [-0.3, -0.25) is 4.79 Å². The first-order valence-electron chi connectivity index (χ1n) is 9.90. The molecule has 3 rings (SSSR count). The second kappa shape index (κ2) is 9.16. The van der Waals surface area contributed by atoms with Crippen molar-refractivity contribution in [1.82, 2.24) is 4.90 Å². The largest absolute Gasteiger partial charge is 0.395 e. The molecule has 4 heteroatoms. The van der Waals surface area contributed by atoms with E-state index in [0.717, 1.165) is 42.4 Å². The highest BCUT2D eigenvalue weighted by Gasteiger charge is 2.25. The van der Waals surface area contributed by atoms with Crippen LogP contribution in [0.4, 0.5) is 0 Å². The molecule has 1 aliphatic rings. The first kappa shape index (κ1) is 19.6. The van der Waals surface area contributed by atoms with Crippen LogP contribution in [-0.2, 0) is 0 Å². The molecular formula is C23H29NO3. The zero-order chi connectivity index (χ0) is 19.2. The maximum absolute atomic E-state index is 13.0. The first-order chi connectivity index (χ1) is 13.1. The third-order valence-corrected chi connectivity index (χ3v) is 5.48. The Kier molecular flexibility index (Phi) is 6.64. The summed E-state index contributed by atoms with van der Waals surface area (Å²) in [5.74, 6) is 0.00644. The van der Waals surface area contributed by atoms with E-state index < -0.39 is 6.10 Å². The summed E-state index contributed by atoms with van der Waals surface area (Å²) < 4.78 is 0. The summed E-state index contributed by atoms with van der Waals surface area (Å²) in [5, 5.41) is 19.0. The summed E-state index contributed by atoms with van der Waals surface area (Å²) in [5.41, 5.74) is 3.64. The predicted octanol–water partition coefficient (Wildman–Crippen LogP) is 4.17. The quantitative estimate of drug-likeness (QED) is 0.805. The Morgan fingerprint density at radius 1 is 1.00 bits per heavy atom. The van der Waals surface area contributed by atoms with Gasteiger partial charge < -0.3 is 15.1 Å². The molecule has 2 N–H and O–H groups in total. The van der Waals surface area contributed by atoms with E-state index in [1.165, 1.54) is 6.42 Å². The standard InChI is InChI=1S/C23H29NO3/c1-17(26)18-7-9-19(10-8-18)20-11-13-21(14-12-20)23(27)24(15-16-25)22-5-3-2-4-6-22/h7-14,17,22,25-26H,2-6,15-16H2,1H3/t17-/m0/s1. The van der Waals surface area contributed by atoms with E-state index in [0.29, 0.717) is 12.1 Å². The predicted molar refractivity (Wildman–Crippen MR) is 108 cm³/mol. The summed E-state index contributed by atoms with van der Waals surface area (Å²) in [7, 11) is 0. The summed E-state index contributed by atoms with van der Waals surface area (Å²) in [4.78, 5) is 14.8. The van der Waals surface area contributed by atoms with Crippen LogP contribution in [0.1, 0.15) is 61.1 Å². The Morgan fingerprint density at radius 3 is 2.07 bits per heavy atom. The van der Waals surface area contributed by atoms with Crippen molar-refractivity contribution in [3.63, 3.8) is 0 Å². The lowest BCUT2D eigenvalue weighted by Gasteiger charge is -2.34. The molecule has 0 heterocycles. The normalized spacial score (nSPS) is 16.1. The van der Waals surface area contributed by atoms with E-state index in [2.05, 4.69) is 0 Å². The zero-order valence-corrected chi connectivity index (χ0v) is 16.0. The molecule has 1 atom stereocenters. The molecule has 0 spiro atoms. The number of hydrogen-bond donors (Lipinski definition) is 2. The number of carbonyl (C=O) groups is 1. The van der Waals surface area contributed by atoms with E-state index in [-0.39, 0.29) is 18.6 Å². The van der Waals surface area contributed by atoms with Crippen molar-refractivity contribution in [2.75, 3.05) is 13.2 Å². The fraction of sp³-hybridized carbons (Fsp3) is 0.435. The third-order valence-electron chi connectivity index (χ3n) is 5.48. The first-order valence-corrected chi connectivity index (χ1v) is 9.90. The van der Waals surface area contributed by atoms with Gasteiger partial charge in [-0.2, -0.15) is 0 Å². The Labute approximate surface area is 161 Å². The SMILES string of the molecule is C[C@H](O)c1ccc(-c2ccc(C(=O)N(CCO)C3CCCCC3)cc2)cc1. The molecule has 0 aromatic heterocycles. The molecule has 0 saturated heterocycles. The lowest BCUT2D eigenvalue weighted by Crippen LogP contribution is -2.43. The van der Waals surface area contributed by atoms with Crippen molar-refractivity contribution in [1.29, 1.82) is 0 Å². The molecule has 1 saturated carbocycles. The zero-order valence-electron chi connectivity index (χ0n) is 16.0. The van der Waals surface area contributed by atoms with Gasteiger partial charge in [0.15, 0.2) is 0 Å².